The highest BCUT2D eigenvalue weighted by atomic mass is 16.4. The highest BCUT2D eigenvalue weighted by Crippen LogP contribution is 2.17. The third-order valence-corrected chi connectivity index (χ3v) is 4.80. The third kappa shape index (κ3) is 14.9. The molecule has 0 aromatic carbocycles. The van der Waals surface area contributed by atoms with Gasteiger partial charge in [0.1, 0.15) is 0 Å². The topological polar surface area (TPSA) is 115 Å². The van der Waals surface area contributed by atoms with Gasteiger partial charge in [-0.05, 0) is 39.0 Å². The molecule has 0 atom stereocenters. The highest BCUT2D eigenvalue weighted by Gasteiger charge is 2.26. The van der Waals surface area contributed by atoms with Crippen molar-refractivity contribution >= 4 is 17.9 Å². The third-order valence-electron chi connectivity index (χ3n) is 4.80. The Morgan fingerprint density at radius 3 is 1.70 bits per heavy atom. The summed E-state index contributed by atoms with van der Waals surface area (Å²) in [6.07, 6.45) is 9.85. The van der Waals surface area contributed by atoms with E-state index in [9.17, 15) is 19.5 Å². The Morgan fingerprint density at radius 2 is 1.26 bits per heavy atom. The van der Waals surface area contributed by atoms with Crippen molar-refractivity contribution in [3.8, 4) is 0 Å². The molecule has 0 spiro atoms. The number of carbonyl (C=O) groups excluding carboxylic acids is 1. The lowest BCUT2D eigenvalue weighted by molar-refractivity contribution is -0.929. The van der Waals surface area contributed by atoms with Gasteiger partial charge in [0.05, 0.1) is 39.0 Å². The lowest BCUT2D eigenvalue weighted by Gasteiger charge is -2.39. The van der Waals surface area contributed by atoms with Gasteiger partial charge in [0.15, 0.2) is 0 Å². The number of carboxylic acids is 3. The predicted molar refractivity (Wildman–Crippen MR) is 101 cm³/mol. The maximum absolute atomic E-state index is 10.9. The van der Waals surface area contributed by atoms with Crippen LogP contribution < -0.4 is 5.11 Å². The van der Waals surface area contributed by atoms with Crippen LogP contribution in [0.25, 0.3) is 0 Å². The van der Waals surface area contributed by atoms with Gasteiger partial charge < -0.3 is 24.6 Å². The second-order valence-corrected chi connectivity index (χ2v) is 7.12. The average Bonchev–Trinajstić information content (AvgIpc) is 2.57. The molecule has 0 fully saturated rings. The van der Waals surface area contributed by atoms with E-state index >= 15 is 0 Å². The first-order chi connectivity index (χ1) is 12.8. The van der Waals surface area contributed by atoms with Crippen LogP contribution in [0.4, 0.5) is 0 Å². The van der Waals surface area contributed by atoms with E-state index in [1.807, 2.05) is 13.0 Å². The van der Waals surface area contributed by atoms with E-state index in [1.165, 1.54) is 0 Å². The number of hydrogen-bond donors (Lipinski definition) is 2. The van der Waals surface area contributed by atoms with Gasteiger partial charge in [0.2, 0.25) is 0 Å². The van der Waals surface area contributed by atoms with Crippen LogP contribution in [-0.4, -0.2) is 58.8 Å². The molecular weight excluding hydrogens is 350 g/mol. The van der Waals surface area contributed by atoms with Crippen molar-refractivity contribution in [1.29, 1.82) is 0 Å². The molecule has 0 heterocycles. The molecule has 0 aliphatic carbocycles. The molecule has 0 radical (unpaired) electrons. The molecule has 0 aromatic rings. The van der Waals surface area contributed by atoms with E-state index < -0.39 is 17.9 Å². The molecule has 0 rings (SSSR count). The van der Waals surface area contributed by atoms with E-state index in [-0.39, 0.29) is 19.3 Å². The Morgan fingerprint density at radius 1 is 0.778 bits per heavy atom. The fourth-order valence-corrected chi connectivity index (χ4v) is 3.41. The van der Waals surface area contributed by atoms with Gasteiger partial charge >= 0.3 is 11.9 Å². The van der Waals surface area contributed by atoms with Crippen LogP contribution in [0.1, 0.15) is 71.1 Å². The molecule has 0 unspecified atom stereocenters. The Hall–Kier alpha value is -1.89. The first-order valence-corrected chi connectivity index (χ1v) is 9.91. The van der Waals surface area contributed by atoms with E-state index in [1.54, 1.807) is 0 Å². The highest BCUT2D eigenvalue weighted by molar-refractivity contribution is 5.66. The average molecular weight is 386 g/mol. The van der Waals surface area contributed by atoms with Crippen molar-refractivity contribution in [3.63, 3.8) is 0 Å². The number of quaternary nitrogens is 1. The molecule has 0 bridgehead atoms. The Kier molecular flexibility index (Phi) is 14.1. The largest absolute Gasteiger partial charge is 0.550 e. The molecule has 0 saturated carbocycles. The standard InChI is InChI=1S/C20H35NO6/c1-2-3-4-5-6-7-14-21(15-8-11-18(22)23,16-9-12-19(24)25)17-10-13-20(26)27/h2-3H,4-17H2,1H3,(H2-,22,23,24,25,26,27)/b3-2+. The van der Waals surface area contributed by atoms with E-state index in [0.29, 0.717) is 43.4 Å². The molecule has 27 heavy (non-hydrogen) atoms. The number of allylic oxidation sites excluding steroid dienone is 2. The zero-order chi connectivity index (χ0) is 20.5. The smallest absolute Gasteiger partial charge is 0.303 e. The van der Waals surface area contributed by atoms with Crippen molar-refractivity contribution in [2.45, 2.75) is 71.1 Å². The van der Waals surface area contributed by atoms with Gasteiger partial charge in [0.25, 0.3) is 0 Å². The summed E-state index contributed by atoms with van der Waals surface area (Å²) in [7, 11) is 0. The number of hydrogen-bond acceptors (Lipinski definition) is 4. The van der Waals surface area contributed by atoms with Gasteiger partial charge in [-0.3, -0.25) is 9.59 Å². The maximum atomic E-state index is 10.9. The summed E-state index contributed by atoms with van der Waals surface area (Å²) in [5, 5.41) is 28.6. The van der Waals surface area contributed by atoms with Gasteiger partial charge in [-0.25, -0.2) is 0 Å². The zero-order valence-corrected chi connectivity index (χ0v) is 16.5. The molecule has 2 N–H and O–H groups in total. The minimum absolute atomic E-state index is 0.0286. The van der Waals surface area contributed by atoms with E-state index in [4.69, 9.17) is 10.2 Å². The molecule has 0 saturated heterocycles. The van der Waals surface area contributed by atoms with Crippen molar-refractivity contribution in [3.05, 3.63) is 12.2 Å². The fourth-order valence-electron chi connectivity index (χ4n) is 3.41. The van der Waals surface area contributed by atoms with E-state index in [0.717, 1.165) is 32.2 Å². The monoisotopic (exact) mass is 385 g/mol. The summed E-state index contributed by atoms with van der Waals surface area (Å²) in [5.74, 6) is -2.78. The molecule has 0 aliphatic heterocycles. The summed E-state index contributed by atoms with van der Waals surface area (Å²) >= 11 is 0. The van der Waals surface area contributed by atoms with Crippen LogP contribution in [0.2, 0.25) is 0 Å². The number of rotatable bonds is 18. The first kappa shape index (κ1) is 25.1. The second kappa shape index (κ2) is 15.2. The normalized spacial score (nSPS) is 11.7. The summed E-state index contributed by atoms with van der Waals surface area (Å²) in [6, 6.07) is 0. The number of aliphatic carboxylic acids is 3. The van der Waals surface area contributed by atoms with Crippen LogP contribution in [0.5, 0.6) is 0 Å². The summed E-state index contributed by atoms with van der Waals surface area (Å²) in [5.41, 5.74) is 0. The number of carbonyl (C=O) groups is 3. The molecule has 0 aromatic heterocycles. The quantitative estimate of drug-likeness (QED) is 0.212. The van der Waals surface area contributed by atoms with Gasteiger partial charge in [-0.1, -0.05) is 12.2 Å². The summed E-state index contributed by atoms with van der Waals surface area (Å²) in [4.78, 5) is 32.5. The van der Waals surface area contributed by atoms with Gasteiger partial charge in [0, 0.05) is 25.2 Å². The number of nitrogens with zero attached hydrogens (tertiary/aromatic N) is 1. The van der Waals surface area contributed by atoms with Crippen molar-refractivity contribution < 1.29 is 34.2 Å². The van der Waals surface area contributed by atoms with E-state index in [2.05, 4.69) is 6.08 Å². The fraction of sp³-hybridized carbons (Fsp3) is 0.750. The minimum atomic E-state index is -1.09. The number of unbranched alkanes of at least 4 members (excludes halogenated alkanes) is 3. The van der Waals surface area contributed by atoms with Crippen molar-refractivity contribution in [2.24, 2.45) is 0 Å². The molecular formula is C20H35NO6. The predicted octanol–water partition coefficient (Wildman–Crippen LogP) is 2.20. The summed E-state index contributed by atoms with van der Waals surface area (Å²) < 4.78 is 0.595. The Bertz CT molecular complexity index is 425. The van der Waals surface area contributed by atoms with Crippen molar-refractivity contribution in [2.75, 3.05) is 26.2 Å². The molecule has 156 valence electrons. The zero-order valence-electron chi connectivity index (χ0n) is 16.5. The van der Waals surface area contributed by atoms with Gasteiger partial charge in [-0.2, -0.15) is 0 Å². The van der Waals surface area contributed by atoms with Gasteiger partial charge in [-0.15, -0.1) is 0 Å². The van der Waals surface area contributed by atoms with Crippen LogP contribution in [0.3, 0.4) is 0 Å². The first-order valence-electron chi connectivity index (χ1n) is 9.91. The Labute approximate surface area is 162 Å². The molecule has 7 heteroatoms. The lowest BCUT2D eigenvalue weighted by Crippen LogP contribution is -2.51. The molecule has 7 nitrogen and oxygen atoms in total. The molecule has 0 amide bonds. The number of carboxylic acid groups (broad SMARTS) is 3. The van der Waals surface area contributed by atoms with Crippen LogP contribution >= 0.6 is 0 Å². The minimum Gasteiger partial charge on any atom is -0.550 e. The second-order valence-electron chi connectivity index (χ2n) is 7.12. The lowest BCUT2D eigenvalue weighted by atomic mass is 10.1. The SMILES string of the molecule is C/C=C/CCCCC[N+](CCCC(=O)[O-])(CCCC(=O)O)CCCC(=O)O. The van der Waals surface area contributed by atoms with Crippen LogP contribution in [-0.2, 0) is 14.4 Å². The molecule has 0 aliphatic rings. The summed E-state index contributed by atoms with van der Waals surface area (Å²) in [6.45, 7) is 4.69. The Balaban J connectivity index is 4.88. The van der Waals surface area contributed by atoms with Crippen molar-refractivity contribution in [1.82, 2.24) is 0 Å². The van der Waals surface area contributed by atoms with Crippen LogP contribution in [0.15, 0.2) is 12.2 Å². The maximum Gasteiger partial charge on any atom is 0.303 e. The van der Waals surface area contributed by atoms with Crippen LogP contribution in [0, 0.1) is 0 Å².